The number of carbonyl (C=O) groups is 1. The molecule has 1 N–H and O–H groups in total. The Hall–Kier alpha value is -0.390. The number of carbonyl (C=O) groups excluding carboxylic acids is 1. The van der Waals surface area contributed by atoms with Crippen molar-refractivity contribution in [1.29, 1.82) is 0 Å². The maximum atomic E-state index is 11.6. The van der Waals surface area contributed by atoms with Crippen molar-refractivity contribution in [2.45, 2.75) is 6.42 Å². The van der Waals surface area contributed by atoms with Gasteiger partial charge >= 0.3 is 0 Å². The number of morpholine rings is 1. The van der Waals surface area contributed by atoms with Crippen LogP contribution in [0.3, 0.4) is 0 Å². The molecule has 1 rings (SSSR count). The van der Waals surface area contributed by atoms with Crippen LogP contribution in [0.15, 0.2) is 11.1 Å². The van der Waals surface area contributed by atoms with Crippen molar-refractivity contribution >= 4 is 21.8 Å². The maximum absolute atomic E-state index is 11.6. The van der Waals surface area contributed by atoms with E-state index in [4.69, 9.17) is 4.74 Å². The van der Waals surface area contributed by atoms with E-state index < -0.39 is 0 Å². The van der Waals surface area contributed by atoms with Crippen molar-refractivity contribution in [2.75, 3.05) is 39.4 Å². The van der Waals surface area contributed by atoms with Gasteiger partial charge in [0.15, 0.2) is 0 Å². The summed E-state index contributed by atoms with van der Waals surface area (Å²) in [5, 5.41) is 3.13. The molecule has 86 valence electrons. The quantitative estimate of drug-likeness (QED) is 0.753. The van der Waals surface area contributed by atoms with E-state index in [1.54, 1.807) is 0 Å². The van der Waals surface area contributed by atoms with Crippen LogP contribution < -0.4 is 5.32 Å². The van der Waals surface area contributed by atoms with E-state index in [-0.39, 0.29) is 5.91 Å². The van der Waals surface area contributed by atoms with Gasteiger partial charge in [0.2, 0.25) is 5.91 Å². The SMILES string of the molecule is C=C(Br)CNCCC(=O)N1CCOCC1. The number of ether oxygens (including phenoxy) is 1. The van der Waals surface area contributed by atoms with Crippen LogP contribution in [-0.4, -0.2) is 50.2 Å². The van der Waals surface area contributed by atoms with E-state index in [0.717, 1.165) is 17.6 Å². The molecule has 0 unspecified atom stereocenters. The monoisotopic (exact) mass is 276 g/mol. The molecule has 0 atom stereocenters. The molecule has 0 radical (unpaired) electrons. The number of amides is 1. The third-order valence-electron chi connectivity index (χ3n) is 2.20. The lowest BCUT2D eigenvalue weighted by Gasteiger charge is -2.26. The zero-order chi connectivity index (χ0) is 11.1. The average Bonchev–Trinajstić information content (AvgIpc) is 2.25. The highest BCUT2D eigenvalue weighted by molar-refractivity contribution is 9.11. The van der Waals surface area contributed by atoms with Crippen LogP contribution in [0.2, 0.25) is 0 Å². The molecule has 5 heteroatoms. The predicted octanol–water partition coefficient (Wildman–Crippen LogP) is 0.733. The Kier molecular flexibility index (Phi) is 5.90. The van der Waals surface area contributed by atoms with Gasteiger partial charge in [0.25, 0.3) is 0 Å². The van der Waals surface area contributed by atoms with E-state index in [0.29, 0.717) is 32.7 Å². The molecule has 15 heavy (non-hydrogen) atoms. The summed E-state index contributed by atoms with van der Waals surface area (Å²) < 4.78 is 6.08. The van der Waals surface area contributed by atoms with Crippen LogP contribution in [0.5, 0.6) is 0 Å². The van der Waals surface area contributed by atoms with Crippen molar-refractivity contribution in [3.63, 3.8) is 0 Å². The number of nitrogens with zero attached hydrogens (tertiary/aromatic N) is 1. The Bertz CT molecular complexity index is 227. The van der Waals surface area contributed by atoms with Crippen molar-refractivity contribution in [3.8, 4) is 0 Å². The Morgan fingerprint density at radius 2 is 2.13 bits per heavy atom. The molecule has 0 aliphatic carbocycles. The molecule has 1 aliphatic heterocycles. The van der Waals surface area contributed by atoms with Gasteiger partial charge in [0, 0.05) is 37.1 Å². The van der Waals surface area contributed by atoms with Crippen molar-refractivity contribution in [1.82, 2.24) is 10.2 Å². The number of nitrogens with one attached hydrogen (secondary N) is 1. The molecule has 1 heterocycles. The minimum atomic E-state index is 0.200. The fraction of sp³-hybridized carbons (Fsp3) is 0.700. The highest BCUT2D eigenvalue weighted by atomic mass is 79.9. The lowest BCUT2D eigenvalue weighted by Crippen LogP contribution is -2.41. The lowest BCUT2D eigenvalue weighted by atomic mass is 10.3. The molecule has 0 aromatic heterocycles. The molecule has 1 fully saturated rings. The lowest BCUT2D eigenvalue weighted by molar-refractivity contribution is -0.135. The predicted molar refractivity (Wildman–Crippen MR) is 63.0 cm³/mol. The van der Waals surface area contributed by atoms with E-state index >= 15 is 0 Å². The van der Waals surface area contributed by atoms with E-state index in [2.05, 4.69) is 27.8 Å². The Balaban J connectivity index is 2.09. The molecule has 1 aliphatic rings. The van der Waals surface area contributed by atoms with Crippen molar-refractivity contribution in [2.24, 2.45) is 0 Å². The first kappa shape index (κ1) is 12.7. The molecule has 4 nitrogen and oxygen atoms in total. The number of hydrogen-bond donors (Lipinski definition) is 1. The summed E-state index contributed by atoms with van der Waals surface area (Å²) in [4.78, 5) is 13.5. The molecule has 1 amide bonds. The fourth-order valence-electron chi connectivity index (χ4n) is 1.39. The second-order valence-electron chi connectivity index (χ2n) is 3.44. The summed E-state index contributed by atoms with van der Waals surface area (Å²) in [5.41, 5.74) is 0. The Labute approximate surface area is 98.8 Å². The van der Waals surface area contributed by atoms with E-state index in [9.17, 15) is 4.79 Å². The average molecular weight is 277 g/mol. The smallest absolute Gasteiger partial charge is 0.224 e. The molecule has 0 spiro atoms. The topological polar surface area (TPSA) is 41.6 Å². The standard InChI is InChI=1S/C10H17BrN2O2/c1-9(11)8-12-3-2-10(14)13-4-6-15-7-5-13/h12H,1-8H2. The fourth-order valence-corrected chi connectivity index (χ4v) is 1.59. The second kappa shape index (κ2) is 6.98. The highest BCUT2D eigenvalue weighted by Gasteiger charge is 2.15. The van der Waals surface area contributed by atoms with Crippen LogP contribution >= 0.6 is 15.9 Å². The van der Waals surface area contributed by atoms with Gasteiger partial charge in [0.1, 0.15) is 0 Å². The molecule has 0 bridgehead atoms. The number of rotatable bonds is 5. The maximum Gasteiger partial charge on any atom is 0.224 e. The number of halogens is 1. The van der Waals surface area contributed by atoms with Gasteiger partial charge < -0.3 is 15.0 Å². The zero-order valence-corrected chi connectivity index (χ0v) is 10.4. The van der Waals surface area contributed by atoms with Gasteiger partial charge in [-0.2, -0.15) is 0 Å². The van der Waals surface area contributed by atoms with E-state index in [1.807, 2.05) is 4.90 Å². The van der Waals surface area contributed by atoms with E-state index in [1.165, 1.54) is 0 Å². The van der Waals surface area contributed by atoms with Crippen LogP contribution in [0.25, 0.3) is 0 Å². The summed E-state index contributed by atoms with van der Waals surface area (Å²) in [6.45, 7) is 7.88. The Morgan fingerprint density at radius 1 is 1.47 bits per heavy atom. The first-order valence-corrected chi connectivity index (χ1v) is 5.89. The largest absolute Gasteiger partial charge is 0.378 e. The van der Waals surface area contributed by atoms with Crippen molar-refractivity contribution in [3.05, 3.63) is 11.1 Å². The number of hydrogen-bond acceptors (Lipinski definition) is 3. The summed E-state index contributed by atoms with van der Waals surface area (Å²) in [5.74, 6) is 0.200. The first-order chi connectivity index (χ1) is 7.20. The molecule has 0 aromatic carbocycles. The van der Waals surface area contributed by atoms with Crippen LogP contribution in [0.1, 0.15) is 6.42 Å². The third-order valence-corrected chi connectivity index (χ3v) is 2.48. The summed E-state index contributed by atoms with van der Waals surface area (Å²) in [7, 11) is 0. The minimum Gasteiger partial charge on any atom is -0.378 e. The van der Waals surface area contributed by atoms with Gasteiger partial charge in [-0.05, 0) is 0 Å². The summed E-state index contributed by atoms with van der Waals surface area (Å²) in [6, 6.07) is 0. The zero-order valence-electron chi connectivity index (χ0n) is 8.80. The normalized spacial score (nSPS) is 16.5. The third kappa shape index (κ3) is 5.30. The molecular weight excluding hydrogens is 260 g/mol. The van der Waals surface area contributed by atoms with Crippen LogP contribution in [0, 0.1) is 0 Å². The van der Waals surface area contributed by atoms with Crippen molar-refractivity contribution < 1.29 is 9.53 Å². The van der Waals surface area contributed by atoms with Gasteiger partial charge in [0.05, 0.1) is 13.2 Å². The molecule has 0 saturated carbocycles. The minimum absolute atomic E-state index is 0.200. The van der Waals surface area contributed by atoms with Gasteiger partial charge in [-0.3, -0.25) is 4.79 Å². The highest BCUT2D eigenvalue weighted by Crippen LogP contribution is 2.00. The van der Waals surface area contributed by atoms with Gasteiger partial charge in [-0.15, -0.1) is 0 Å². The van der Waals surface area contributed by atoms with Crippen LogP contribution in [-0.2, 0) is 9.53 Å². The van der Waals surface area contributed by atoms with Crippen LogP contribution in [0.4, 0.5) is 0 Å². The first-order valence-electron chi connectivity index (χ1n) is 5.09. The van der Waals surface area contributed by atoms with Gasteiger partial charge in [-0.25, -0.2) is 0 Å². The second-order valence-corrected chi connectivity index (χ2v) is 4.56. The summed E-state index contributed by atoms with van der Waals surface area (Å²) >= 11 is 3.25. The van der Waals surface area contributed by atoms with Gasteiger partial charge in [-0.1, -0.05) is 22.5 Å². The molecule has 0 aromatic rings. The molecular formula is C10H17BrN2O2. The Morgan fingerprint density at radius 3 is 2.73 bits per heavy atom. The molecule has 1 saturated heterocycles. The summed E-state index contributed by atoms with van der Waals surface area (Å²) in [6.07, 6.45) is 0.542.